The maximum Gasteiger partial charge on any atom is 0.0606 e. The number of hydrogen-bond donors (Lipinski definition) is 2. The number of benzene rings is 1. The van der Waals surface area contributed by atoms with Gasteiger partial charge in [-0.1, -0.05) is 0 Å². The Morgan fingerprint density at radius 1 is 1.21 bits per heavy atom. The molecule has 0 aliphatic heterocycles. The summed E-state index contributed by atoms with van der Waals surface area (Å²) in [5.41, 5.74) is 7.36. The second-order valence-electron chi connectivity index (χ2n) is 2.99. The Morgan fingerprint density at radius 3 is 2.36 bits per heavy atom. The highest BCUT2D eigenvalue weighted by atomic mass is 35.5. The van der Waals surface area contributed by atoms with Crippen molar-refractivity contribution in [3.05, 3.63) is 24.3 Å². The Labute approximate surface area is 89.1 Å². The fraction of sp³-hybridized carbons (Fsp3) is 0.400. The molecule has 14 heavy (non-hydrogen) atoms. The molecule has 0 saturated heterocycles. The average molecular weight is 215 g/mol. The molecule has 0 spiro atoms. The van der Waals surface area contributed by atoms with E-state index in [1.54, 1.807) is 0 Å². The molecule has 0 aliphatic rings. The Kier molecular flexibility index (Phi) is 4.56. The number of nitrogens with two attached hydrogens (primary N) is 1. The van der Waals surface area contributed by atoms with Crippen molar-refractivity contribution in [3.63, 3.8) is 0 Å². The van der Waals surface area contributed by atoms with Crippen molar-refractivity contribution in [3.8, 4) is 0 Å². The summed E-state index contributed by atoms with van der Waals surface area (Å²) in [4.78, 5) is 2.02. The lowest BCUT2D eigenvalue weighted by atomic mass is 10.2. The van der Waals surface area contributed by atoms with E-state index in [9.17, 15) is 0 Å². The summed E-state index contributed by atoms with van der Waals surface area (Å²) in [6.07, 6.45) is 0. The predicted molar refractivity (Wildman–Crippen MR) is 60.9 cm³/mol. The molecule has 0 atom stereocenters. The van der Waals surface area contributed by atoms with E-state index in [-0.39, 0.29) is 6.61 Å². The molecule has 0 fully saturated rings. The minimum absolute atomic E-state index is 0.126. The molecule has 0 unspecified atom stereocenters. The maximum absolute atomic E-state index is 8.87. The van der Waals surface area contributed by atoms with E-state index in [0.29, 0.717) is 12.4 Å². The highest BCUT2D eigenvalue weighted by Gasteiger charge is 2.03. The normalized spacial score (nSPS) is 10.1. The van der Waals surface area contributed by atoms with Gasteiger partial charge in [0.05, 0.1) is 6.61 Å². The van der Waals surface area contributed by atoms with E-state index < -0.39 is 0 Å². The molecule has 78 valence electrons. The predicted octanol–water partition coefficient (Wildman–Crippen LogP) is 1.31. The fourth-order valence-corrected chi connectivity index (χ4v) is 1.48. The van der Waals surface area contributed by atoms with Gasteiger partial charge in [-0.3, -0.25) is 0 Å². The number of alkyl halides is 1. The van der Waals surface area contributed by atoms with Crippen molar-refractivity contribution in [1.29, 1.82) is 0 Å². The number of nitrogens with zero attached hydrogens (tertiary/aromatic N) is 1. The molecule has 1 rings (SSSR count). The van der Waals surface area contributed by atoms with E-state index >= 15 is 0 Å². The molecular weight excluding hydrogens is 200 g/mol. The van der Waals surface area contributed by atoms with E-state index in [1.807, 2.05) is 29.2 Å². The minimum Gasteiger partial charge on any atom is -0.399 e. The van der Waals surface area contributed by atoms with Crippen LogP contribution in [-0.4, -0.2) is 30.7 Å². The van der Waals surface area contributed by atoms with Crippen LogP contribution in [0.15, 0.2) is 24.3 Å². The van der Waals surface area contributed by atoms with Crippen LogP contribution in [0.25, 0.3) is 0 Å². The number of nitrogen functional groups attached to an aromatic ring is 1. The first kappa shape index (κ1) is 11.1. The van der Waals surface area contributed by atoms with Gasteiger partial charge in [-0.15, -0.1) is 11.6 Å². The van der Waals surface area contributed by atoms with Crippen LogP contribution >= 0.6 is 11.6 Å². The zero-order chi connectivity index (χ0) is 10.4. The number of aliphatic hydroxyl groups excluding tert-OH is 1. The van der Waals surface area contributed by atoms with Crippen LogP contribution < -0.4 is 10.6 Å². The Morgan fingerprint density at radius 2 is 1.86 bits per heavy atom. The maximum atomic E-state index is 8.87. The van der Waals surface area contributed by atoms with E-state index in [4.69, 9.17) is 22.4 Å². The lowest BCUT2D eigenvalue weighted by Crippen LogP contribution is -2.28. The molecule has 4 heteroatoms. The molecule has 1 aromatic carbocycles. The zero-order valence-corrected chi connectivity index (χ0v) is 8.74. The number of rotatable bonds is 5. The van der Waals surface area contributed by atoms with Crippen molar-refractivity contribution in [1.82, 2.24) is 0 Å². The van der Waals surface area contributed by atoms with Gasteiger partial charge in [-0.2, -0.15) is 0 Å². The first-order valence-corrected chi connectivity index (χ1v) is 5.08. The first-order chi connectivity index (χ1) is 6.77. The standard InChI is InChI=1S/C10H15ClN2O/c11-5-6-13(7-8-14)10-3-1-9(12)2-4-10/h1-4,14H,5-8,12H2. The summed E-state index contributed by atoms with van der Waals surface area (Å²) < 4.78 is 0. The molecule has 1 aromatic rings. The quantitative estimate of drug-likeness (QED) is 0.574. The molecule has 0 heterocycles. The minimum atomic E-state index is 0.126. The topological polar surface area (TPSA) is 49.5 Å². The second kappa shape index (κ2) is 5.73. The van der Waals surface area contributed by atoms with Crippen molar-refractivity contribution < 1.29 is 5.11 Å². The number of anilines is 2. The summed E-state index contributed by atoms with van der Waals surface area (Å²) in [7, 11) is 0. The Hall–Kier alpha value is -0.930. The molecule has 0 saturated carbocycles. The van der Waals surface area contributed by atoms with Crippen molar-refractivity contribution in [2.75, 3.05) is 36.2 Å². The van der Waals surface area contributed by atoms with Crippen LogP contribution in [0.5, 0.6) is 0 Å². The Bertz CT molecular complexity index is 257. The van der Waals surface area contributed by atoms with Gasteiger partial charge in [0.2, 0.25) is 0 Å². The van der Waals surface area contributed by atoms with Crippen LogP contribution in [0, 0.1) is 0 Å². The third-order valence-corrected chi connectivity index (χ3v) is 2.15. The lowest BCUT2D eigenvalue weighted by Gasteiger charge is -2.22. The summed E-state index contributed by atoms with van der Waals surface area (Å²) >= 11 is 5.67. The van der Waals surface area contributed by atoms with Gasteiger partial charge in [-0.25, -0.2) is 0 Å². The van der Waals surface area contributed by atoms with E-state index in [0.717, 1.165) is 17.9 Å². The molecule has 0 radical (unpaired) electrons. The lowest BCUT2D eigenvalue weighted by molar-refractivity contribution is 0.302. The van der Waals surface area contributed by atoms with E-state index in [1.165, 1.54) is 0 Å². The van der Waals surface area contributed by atoms with Crippen molar-refractivity contribution in [2.24, 2.45) is 0 Å². The fourth-order valence-electron chi connectivity index (χ4n) is 1.28. The zero-order valence-electron chi connectivity index (χ0n) is 7.99. The molecule has 0 aromatic heterocycles. The SMILES string of the molecule is Nc1ccc(N(CCO)CCCl)cc1. The van der Waals surface area contributed by atoms with Gasteiger partial charge >= 0.3 is 0 Å². The van der Waals surface area contributed by atoms with Crippen LogP contribution in [0.1, 0.15) is 0 Å². The summed E-state index contributed by atoms with van der Waals surface area (Å²) in [6, 6.07) is 7.54. The molecule has 0 amide bonds. The first-order valence-electron chi connectivity index (χ1n) is 4.55. The highest BCUT2D eigenvalue weighted by Crippen LogP contribution is 2.15. The molecule has 3 N–H and O–H groups in total. The van der Waals surface area contributed by atoms with Gasteiger partial charge in [0.1, 0.15) is 0 Å². The van der Waals surface area contributed by atoms with Crippen molar-refractivity contribution >= 4 is 23.0 Å². The number of hydrogen-bond acceptors (Lipinski definition) is 3. The smallest absolute Gasteiger partial charge is 0.0606 e. The van der Waals surface area contributed by atoms with Crippen LogP contribution in [0.4, 0.5) is 11.4 Å². The molecular formula is C10H15ClN2O. The van der Waals surface area contributed by atoms with Crippen LogP contribution in [-0.2, 0) is 0 Å². The number of aliphatic hydroxyl groups is 1. The average Bonchev–Trinajstić information content (AvgIpc) is 2.19. The van der Waals surface area contributed by atoms with Gasteiger partial charge in [0.15, 0.2) is 0 Å². The molecule has 0 bridgehead atoms. The molecule has 0 aliphatic carbocycles. The molecule has 3 nitrogen and oxygen atoms in total. The van der Waals surface area contributed by atoms with Gasteiger partial charge in [0.25, 0.3) is 0 Å². The highest BCUT2D eigenvalue weighted by molar-refractivity contribution is 6.18. The monoisotopic (exact) mass is 214 g/mol. The summed E-state index contributed by atoms with van der Waals surface area (Å²) in [5, 5.41) is 8.87. The van der Waals surface area contributed by atoms with Gasteiger partial charge < -0.3 is 15.7 Å². The summed E-state index contributed by atoms with van der Waals surface area (Å²) in [5.74, 6) is 0.546. The third kappa shape index (κ3) is 3.09. The van der Waals surface area contributed by atoms with Crippen LogP contribution in [0.2, 0.25) is 0 Å². The van der Waals surface area contributed by atoms with Gasteiger partial charge in [-0.05, 0) is 24.3 Å². The third-order valence-electron chi connectivity index (χ3n) is 1.98. The largest absolute Gasteiger partial charge is 0.399 e. The second-order valence-corrected chi connectivity index (χ2v) is 3.37. The van der Waals surface area contributed by atoms with E-state index in [2.05, 4.69) is 0 Å². The Balaban J connectivity index is 2.71. The number of halogens is 1. The summed E-state index contributed by atoms with van der Waals surface area (Å²) in [6.45, 7) is 1.45. The van der Waals surface area contributed by atoms with Crippen LogP contribution in [0.3, 0.4) is 0 Å². The van der Waals surface area contributed by atoms with Gasteiger partial charge in [0, 0.05) is 30.3 Å². The van der Waals surface area contributed by atoms with Crippen molar-refractivity contribution in [2.45, 2.75) is 0 Å².